The number of ether oxygens (including phenoxy) is 1. The van der Waals surface area contributed by atoms with Gasteiger partial charge < -0.3 is 25.6 Å². The van der Waals surface area contributed by atoms with Crippen LogP contribution < -0.4 is 30.3 Å². The molecule has 13 nitrogen and oxygen atoms in total. The zero-order valence-electron chi connectivity index (χ0n) is 27.9. The number of sulfonamides is 1. The minimum absolute atomic E-state index is 0.272. The van der Waals surface area contributed by atoms with Crippen molar-refractivity contribution in [2.75, 3.05) is 59.8 Å². The molecular formula is C33H43BrN10O3S. The maximum Gasteiger partial charge on any atom is 0.229 e. The quantitative estimate of drug-likeness (QED) is 0.168. The third kappa shape index (κ3) is 7.74. The molecule has 0 saturated carbocycles. The molecule has 4 aromatic rings. The van der Waals surface area contributed by atoms with Crippen LogP contribution >= 0.6 is 15.9 Å². The number of benzene rings is 2. The van der Waals surface area contributed by atoms with E-state index >= 15 is 0 Å². The summed E-state index contributed by atoms with van der Waals surface area (Å²) in [5.41, 5.74) is 4.85. The summed E-state index contributed by atoms with van der Waals surface area (Å²) in [4.78, 5) is 23.0. The van der Waals surface area contributed by atoms with Crippen LogP contribution in [0.5, 0.6) is 5.75 Å². The van der Waals surface area contributed by atoms with Gasteiger partial charge in [0.25, 0.3) is 0 Å². The van der Waals surface area contributed by atoms with Crippen LogP contribution in [0.1, 0.15) is 39.2 Å². The third-order valence-corrected chi connectivity index (χ3v) is 10.0. The van der Waals surface area contributed by atoms with E-state index < -0.39 is 10.0 Å². The summed E-state index contributed by atoms with van der Waals surface area (Å²) in [7, 11) is -1.95. The van der Waals surface area contributed by atoms with Crippen LogP contribution in [0.4, 0.5) is 34.5 Å². The molecule has 2 saturated heterocycles. The predicted molar refractivity (Wildman–Crippen MR) is 196 cm³/mol. The number of methoxy groups -OCH3 is 1. The average molecular weight is 740 g/mol. The summed E-state index contributed by atoms with van der Waals surface area (Å²) >= 11 is 3.53. The zero-order chi connectivity index (χ0) is 34.0. The van der Waals surface area contributed by atoms with Crippen molar-refractivity contribution in [2.45, 2.75) is 58.2 Å². The van der Waals surface area contributed by atoms with Gasteiger partial charge in [0.2, 0.25) is 16.0 Å². The largest absolute Gasteiger partial charge is 0.494 e. The number of halogens is 1. The number of aromatic nitrogens is 4. The average Bonchev–Trinajstić information content (AvgIpc) is 3.06. The van der Waals surface area contributed by atoms with Crippen LogP contribution in [0, 0.1) is 0 Å². The Hall–Kier alpha value is -3.79. The van der Waals surface area contributed by atoms with E-state index in [1.54, 1.807) is 31.6 Å². The minimum atomic E-state index is -3.62. The highest BCUT2D eigenvalue weighted by Gasteiger charge is 2.30. The van der Waals surface area contributed by atoms with Crippen LogP contribution in [-0.4, -0.2) is 90.9 Å². The lowest BCUT2D eigenvalue weighted by Crippen LogP contribution is -2.58. The van der Waals surface area contributed by atoms with Gasteiger partial charge >= 0.3 is 0 Å². The first-order valence-corrected chi connectivity index (χ1v) is 18.9. The normalized spacial score (nSPS) is 19.3. The first kappa shape index (κ1) is 34.1. The Balaban J connectivity index is 1.22. The van der Waals surface area contributed by atoms with Gasteiger partial charge in [0, 0.05) is 74.6 Å². The van der Waals surface area contributed by atoms with Crippen LogP contribution in [0.25, 0.3) is 11.0 Å². The lowest BCUT2D eigenvalue weighted by Gasteiger charge is -2.44. The number of nitrogens with zero attached hydrogens (tertiary/aromatic N) is 6. The Morgan fingerprint density at radius 3 is 2.44 bits per heavy atom. The van der Waals surface area contributed by atoms with Gasteiger partial charge in [-0.3, -0.25) is 19.6 Å². The Morgan fingerprint density at radius 2 is 1.75 bits per heavy atom. The Morgan fingerprint density at radius 1 is 1.02 bits per heavy atom. The summed E-state index contributed by atoms with van der Waals surface area (Å²) < 4.78 is 33.6. The molecule has 15 heteroatoms. The van der Waals surface area contributed by atoms with Gasteiger partial charge in [0.1, 0.15) is 17.1 Å². The Bertz CT molecular complexity index is 1880. The van der Waals surface area contributed by atoms with E-state index in [2.05, 4.69) is 94.3 Å². The first-order valence-electron chi connectivity index (χ1n) is 16.2. The molecule has 0 radical (unpaired) electrons. The number of anilines is 6. The first-order chi connectivity index (χ1) is 23.0. The van der Waals surface area contributed by atoms with Gasteiger partial charge in [0.05, 0.1) is 40.4 Å². The number of hydrogen-bond donors (Lipinski definition) is 4. The molecule has 2 aromatic carbocycles. The molecule has 0 amide bonds. The molecule has 0 aliphatic carbocycles. The fourth-order valence-electron chi connectivity index (χ4n) is 6.79. The highest BCUT2D eigenvalue weighted by atomic mass is 79.9. The fraction of sp³-hybridized carbons (Fsp3) is 0.455. The smallest absolute Gasteiger partial charge is 0.229 e. The number of piperazine rings is 1. The van der Waals surface area contributed by atoms with E-state index in [9.17, 15) is 8.42 Å². The van der Waals surface area contributed by atoms with Gasteiger partial charge in [-0.2, -0.15) is 4.98 Å². The number of aryl methyl sites for hydroxylation is 1. The zero-order valence-corrected chi connectivity index (χ0v) is 30.3. The van der Waals surface area contributed by atoms with Crippen molar-refractivity contribution in [2.24, 2.45) is 0 Å². The van der Waals surface area contributed by atoms with Crippen LogP contribution in [-0.2, 0) is 16.4 Å². The molecular weight excluding hydrogens is 696 g/mol. The van der Waals surface area contributed by atoms with Crippen molar-refractivity contribution < 1.29 is 13.2 Å². The second kappa shape index (κ2) is 14.4. The minimum Gasteiger partial charge on any atom is -0.494 e. The molecule has 2 fully saturated rings. The van der Waals surface area contributed by atoms with E-state index in [-0.39, 0.29) is 5.69 Å². The highest BCUT2D eigenvalue weighted by Crippen LogP contribution is 2.38. The molecule has 4 N–H and O–H groups in total. The molecule has 2 aliphatic rings. The molecule has 2 aromatic heterocycles. The van der Waals surface area contributed by atoms with Gasteiger partial charge in [-0.05, 0) is 72.8 Å². The number of piperidine rings is 1. The monoisotopic (exact) mass is 738 g/mol. The summed E-state index contributed by atoms with van der Waals surface area (Å²) in [6.45, 7) is 10.9. The molecule has 0 bridgehead atoms. The topological polar surface area (TPSA) is 150 Å². The van der Waals surface area contributed by atoms with Crippen molar-refractivity contribution in [3.63, 3.8) is 0 Å². The summed E-state index contributed by atoms with van der Waals surface area (Å²) in [5, 5.41) is 10.2. The third-order valence-electron chi connectivity index (χ3n) is 8.86. The second-order valence-corrected chi connectivity index (χ2v) is 15.2. The van der Waals surface area contributed by atoms with E-state index in [0.717, 1.165) is 57.4 Å². The molecule has 48 heavy (non-hydrogen) atoms. The van der Waals surface area contributed by atoms with Gasteiger partial charge in [-0.1, -0.05) is 6.92 Å². The van der Waals surface area contributed by atoms with Crippen molar-refractivity contribution in [1.29, 1.82) is 0 Å². The van der Waals surface area contributed by atoms with Crippen molar-refractivity contribution in [3.05, 3.63) is 52.9 Å². The molecule has 2 unspecified atom stereocenters. The molecule has 4 heterocycles. The van der Waals surface area contributed by atoms with Crippen LogP contribution in [0.3, 0.4) is 0 Å². The molecule has 2 aliphatic heterocycles. The number of rotatable bonds is 10. The van der Waals surface area contributed by atoms with E-state index in [4.69, 9.17) is 9.72 Å². The van der Waals surface area contributed by atoms with E-state index in [1.807, 2.05) is 0 Å². The van der Waals surface area contributed by atoms with E-state index in [1.165, 1.54) is 17.4 Å². The number of nitrogens with one attached hydrogen (secondary N) is 4. The summed E-state index contributed by atoms with van der Waals surface area (Å²) in [6.07, 6.45) is 8.93. The maximum atomic E-state index is 12.3. The van der Waals surface area contributed by atoms with Crippen LogP contribution in [0.2, 0.25) is 0 Å². The van der Waals surface area contributed by atoms with Crippen molar-refractivity contribution in [1.82, 2.24) is 30.2 Å². The lowest BCUT2D eigenvalue weighted by atomic mass is 9.98. The second-order valence-electron chi connectivity index (χ2n) is 12.6. The van der Waals surface area contributed by atoms with Crippen LogP contribution in [0.15, 0.2) is 47.3 Å². The molecule has 0 spiro atoms. The summed E-state index contributed by atoms with van der Waals surface area (Å²) in [5.74, 6) is 1.46. The lowest BCUT2D eigenvalue weighted by molar-refractivity contribution is 0.107. The standard InChI is InChI=1S/C33H43BrN10O3S/c1-6-22-15-27(29(47-4)16-28(22)43-13-9-23(10-14-43)44-18-20(2)38-21(3)19-44)40-33-37-17-24(34)32(41-33)39-26-8-7-25-30(36-12-11-35-25)31(26)42-48(5,45)46/h7-8,11-12,15-17,20-21,23,38,42H,6,9-10,13-14,18-19H2,1-5H3,(H2,37,39,40,41). The van der Waals surface area contributed by atoms with E-state index in [0.29, 0.717) is 56.8 Å². The van der Waals surface area contributed by atoms with Gasteiger partial charge in [-0.25, -0.2) is 13.4 Å². The Kier molecular flexibility index (Phi) is 10.2. The molecule has 256 valence electrons. The predicted octanol–water partition coefficient (Wildman–Crippen LogP) is 5.26. The SMILES string of the molecule is CCc1cc(Nc2ncc(Br)c(Nc3ccc4nccnc4c3NS(C)(=O)=O)n2)c(OC)cc1N1CCC(N2CC(C)NC(C)C2)CC1. The fourth-order valence-corrected chi connectivity index (χ4v) is 7.66. The number of fused-ring (bicyclic) bond motifs is 1. The van der Waals surface area contributed by atoms with Crippen molar-refractivity contribution in [3.8, 4) is 5.75 Å². The molecule has 6 rings (SSSR count). The molecule has 2 atom stereocenters. The highest BCUT2D eigenvalue weighted by molar-refractivity contribution is 9.10. The Labute approximate surface area is 290 Å². The number of hydrogen-bond acceptors (Lipinski definition) is 12. The maximum absolute atomic E-state index is 12.3. The van der Waals surface area contributed by atoms with Crippen molar-refractivity contribution >= 4 is 71.5 Å². The van der Waals surface area contributed by atoms with Gasteiger partial charge in [0.15, 0.2) is 0 Å². The van der Waals surface area contributed by atoms with Gasteiger partial charge in [-0.15, -0.1) is 0 Å². The summed E-state index contributed by atoms with van der Waals surface area (Å²) in [6, 6.07) is 9.38.